The molecule has 0 unspecified atom stereocenters. The Hall–Kier alpha value is -3.94. The highest BCUT2D eigenvalue weighted by atomic mass is 16.5. The van der Waals surface area contributed by atoms with Gasteiger partial charge in [-0.2, -0.15) is 0 Å². The van der Waals surface area contributed by atoms with Crippen molar-refractivity contribution in [1.29, 1.82) is 0 Å². The van der Waals surface area contributed by atoms with Gasteiger partial charge in [0.25, 0.3) is 0 Å². The molecule has 1 N–H and O–H groups in total. The molecule has 155 valence electrons. The number of hydrogen-bond donors (Lipinski definition) is 1. The fourth-order valence-corrected chi connectivity index (χ4v) is 3.61. The van der Waals surface area contributed by atoms with Crippen molar-refractivity contribution in [2.75, 3.05) is 11.9 Å². The summed E-state index contributed by atoms with van der Waals surface area (Å²) in [4.78, 5) is 17.2. The van der Waals surface area contributed by atoms with E-state index in [1.165, 1.54) is 29.4 Å². The molecule has 4 aromatic rings. The van der Waals surface area contributed by atoms with Gasteiger partial charge in [0.2, 0.25) is 0 Å². The number of nitrogens with zero attached hydrogens (tertiary/aromatic N) is 6. The van der Waals surface area contributed by atoms with Crippen molar-refractivity contribution >= 4 is 29.3 Å². The zero-order valence-electron chi connectivity index (χ0n) is 17.4. The van der Waals surface area contributed by atoms with Gasteiger partial charge < -0.3 is 14.5 Å². The van der Waals surface area contributed by atoms with Crippen LogP contribution in [0.4, 0.5) is 17.3 Å². The van der Waals surface area contributed by atoms with E-state index >= 15 is 0 Å². The minimum Gasteiger partial charge on any atom is -0.485 e. The quantitative estimate of drug-likeness (QED) is 0.497. The van der Waals surface area contributed by atoms with Gasteiger partial charge in [-0.1, -0.05) is 23.8 Å². The van der Waals surface area contributed by atoms with E-state index in [9.17, 15) is 0 Å². The summed E-state index contributed by atoms with van der Waals surface area (Å²) >= 11 is 0. The molecule has 4 heterocycles. The Kier molecular flexibility index (Phi) is 4.95. The molecule has 0 fully saturated rings. The predicted octanol–water partition coefficient (Wildman–Crippen LogP) is 3.88. The van der Waals surface area contributed by atoms with Crippen LogP contribution < -0.4 is 15.4 Å². The van der Waals surface area contributed by atoms with Crippen LogP contribution in [0.2, 0.25) is 0 Å². The number of hydrogen-bond acceptors (Lipinski definition) is 6. The largest absolute Gasteiger partial charge is 0.485 e. The number of rotatable bonds is 7. The van der Waals surface area contributed by atoms with Gasteiger partial charge in [-0.15, -0.1) is 0 Å². The molecule has 8 nitrogen and oxygen atoms in total. The van der Waals surface area contributed by atoms with Crippen LogP contribution in [0, 0.1) is 13.8 Å². The summed E-state index contributed by atoms with van der Waals surface area (Å²) in [5, 5.41) is 7.43. The van der Waals surface area contributed by atoms with Crippen LogP contribution in [0.5, 0.6) is 5.75 Å². The molecule has 0 bridgehead atoms. The Morgan fingerprint density at radius 3 is 2.97 bits per heavy atom. The number of fused-ring (bicyclic) bond motifs is 2. The molecule has 8 heteroatoms. The molecule has 0 saturated carbocycles. The zero-order chi connectivity index (χ0) is 21.2. The average molecular weight is 412 g/mol. The molecule has 0 spiro atoms. The van der Waals surface area contributed by atoms with Crippen LogP contribution >= 0.6 is 0 Å². The van der Waals surface area contributed by atoms with Crippen molar-refractivity contribution in [3.05, 3.63) is 71.4 Å². The molecular weight excluding hydrogens is 390 g/mol. The summed E-state index contributed by atoms with van der Waals surface area (Å²) in [6.45, 7) is 5.39. The minimum absolute atomic E-state index is 0.515. The van der Waals surface area contributed by atoms with E-state index in [1.54, 1.807) is 0 Å². The number of nitrogens with one attached hydrogen (secondary N) is 1. The lowest BCUT2D eigenvalue weighted by Crippen LogP contribution is -2.08. The molecule has 0 aliphatic carbocycles. The smallest absolute Gasteiger partial charge is 0.185 e. The molecule has 5 rings (SSSR count). The summed E-state index contributed by atoms with van der Waals surface area (Å²) in [7, 11) is 0. The number of ether oxygens (including phenoxy) is 1. The van der Waals surface area contributed by atoms with Gasteiger partial charge in [-0.25, -0.2) is 25.3 Å². The normalized spacial score (nSPS) is 12.1. The van der Waals surface area contributed by atoms with E-state index in [4.69, 9.17) is 4.74 Å². The van der Waals surface area contributed by atoms with Crippen LogP contribution in [0.3, 0.4) is 0 Å². The number of pyridine rings is 1. The van der Waals surface area contributed by atoms with Crippen LogP contribution in [0.1, 0.15) is 22.4 Å². The van der Waals surface area contributed by atoms with Gasteiger partial charge in [0.05, 0.1) is 0 Å². The Morgan fingerprint density at radius 1 is 1.10 bits per heavy atom. The Balaban J connectivity index is 1.29. The molecule has 1 radical (unpaired) electrons. The third-order valence-corrected chi connectivity index (χ3v) is 5.31. The van der Waals surface area contributed by atoms with Crippen molar-refractivity contribution in [3.63, 3.8) is 0 Å². The average Bonchev–Trinajstić information content (AvgIpc) is 3.42. The van der Waals surface area contributed by atoms with Crippen LogP contribution in [0.15, 0.2) is 54.0 Å². The first-order chi connectivity index (χ1) is 15.2. The summed E-state index contributed by atoms with van der Waals surface area (Å²) in [5.74, 6) is 2.05. The number of imidazole rings is 1. The third-order valence-electron chi connectivity index (χ3n) is 5.31. The first kappa shape index (κ1) is 19.0. The van der Waals surface area contributed by atoms with Gasteiger partial charge in [-0.3, -0.25) is 0 Å². The van der Waals surface area contributed by atoms with Crippen molar-refractivity contribution < 1.29 is 4.74 Å². The van der Waals surface area contributed by atoms with E-state index < -0.39 is 0 Å². The highest BCUT2D eigenvalue weighted by Crippen LogP contribution is 2.32. The van der Waals surface area contributed by atoms with E-state index in [0.29, 0.717) is 30.5 Å². The van der Waals surface area contributed by atoms with E-state index in [-0.39, 0.29) is 0 Å². The monoisotopic (exact) mass is 412 g/mol. The third kappa shape index (κ3) is 3.79. The second kappa shape index (κ2) is 8.06. The second-order valence-corrected chi connectivity index (χ2v) is 7.48. The molecular formula is C23H22N7O. The van der Waals surface area contributed by atoms with Crippen LogP contribution in [-0.4, -0.2) is 32.2 Å². The lowest BCUT2D eigenvalue weighted by Gasteiger charge is -2.11. The number of aliphatic imine (C=N–C) groups is 1. The number of aromatic nitrogens is 4. The predicted molar refractivity (Wildman–Crippen MR) is 120 cm³/mol. The number of benzene rings is 1. The molecule has 3 aromatic heterocycles. The molecule has 31 heavy (non-hydrogen) atoms. The summed E-state index contributed by atoms with van der Waals surface area (Å²) in [5.41, 5.74) is 6.22. The first-order valence-electron chi connectivity index (χ1n) is 10.1. The Bertz CT molecular complexity index is 1280. The van der Waals surface area contributed by atoms with E-state index in [0.717, 1.165) is 23.5 Å². The number of anilines is 1. The van der Waals surface area contributed by atoms with Crippen molar-refractivity contribution in [2.24, 2.45) is 4.99 Å². The van der Waals surface area contributed by atoms with Crippen LogP contribution in [0.25, 0.3) is 5.65 Å². The molecule has 1 aliphatic rings. The summed E-state index contributed by atoms with van der Waals surface area (Å²) in [6, 6.07) is 10.4. The van der Waals surface area contributed by atoms with Gasteiger partial charge in [0, 0.05) is 31.1 Å². The van der Waals surface area contributed by atoms with E-state index in [2.05, 4.69) is 67.0 Å². The van der Waals surface area contributed by atoms with Crippen molar-refractivity contribution in [1.82, 2.24) is 24.7 Å². The topological polar surface area (TPSA) is 90.8 Å². The molecule has 1 aromatic carbocycles. The fraction of sp³-hybridized carbons (Fsp3) is 0.217. The maximum absolute atomic E-state index is 6.14. The van der Waals surface area contributed by atoms with Gasteiger partial charge in [0.1, 0.15) is 19.3 Å². The fourth-order valence-electron chi connectivity index (χ4n) is 3.61. The van der Waals surface area contributed by atoms with Gasteiger partial charge in [0.15, 0.2) is 28.7 Å². The summed E-state index contributed by atoms with van der Waals surface area (Å²) in [6.07, 6.45) is 7.65. The standard InChI is InChI=1S/C23H22N7O/c1-15-5-6-16(2)17(10-15)12-31-19-4-3-9-30-18(11-25-23(19)30)7-8-24-21-20-22(27-13-26-20)29-14-28-21/h3-6,9-11,13-14H,7-8,12H2,1-2H3,(H,24,28,29). The first-order valence-corrected chi connectivity index (χ1v) is 10.1. The van der Waals surface area contributed by atoms with Crippen molar-refractivity contribution in [3.8, 4) is 5.75 Å². The Morgan fingerprint density at radius 2 is 2.03 bits per heavy atom. The summed E-state index contributed by atoms with van der Waals surface area (Å²) < 4.78 is 8.20. The maximum atomic E-state index is 6.14. The second-order valence-electron chi connectivity index (χ2n) is 7.48. The molecule has 0 saturated heterocycles. The molecule has 1 aliphatic heterocycles. The molecule has 0 atom stereocenters. The highest BCUT2D eigenvalue weighted by Gasteiger charge is 2.15. The lowest BCUT2D eigenvalue weighted by atomic mass is 10.1. The SMILES string of the molecule is Cc1ccc(C)c(COc2cccn3c(CCNc4ncnc5c4N=C[N]5)cnc23)c1. The van der Waals surface area contributed by atoms with E-state index in [1.807, 2.05) is 24.5 Å². The lowest BCUT2D eigenvalue weighted by molar-refractivity contribution is 0.307. The zero-order valence-corrected chi connectivity index (χ0v) is 17.4. The maximum Gasteiger partial charge on any atom is 0.185 e. The van der Waals surface area contributed by atoms with Crippen molar-refractivity contribution in [2.45, 2.75) is 26.9 Å². The minimum atomic E-state index is 0.515. The number of aryl methyl sites for hydroxylation is 2. The van der Waals surface area contributed by atoms with Gasteiger partial charge >= 0.3 is 0 Å². The van der Waals surface area contributed by atoms with Gasteiger partial charge in [-0.05, 0) is 37.1 Å². The molecule has 0 amide bonds. The highest BCUT2D eigenvalue weighted by molar-refractivity contribution is 5.85. The Labute approximate surface area is 180 Å². The van der Waals surface area contributed by atoms with Crippen LogP contribution in [-0.2, 0) is 13.0 Å².